The van der Waals surface area contributed by atoms with Crippen molar-refractivity contribution in [3.8, 4) is 5.75 Å². The summed E-state index contributed by atoms with van der Waals surface area (Å²) in [4.78, 5) is 45.0. The first-order chi connectivity index (χ1) is 16.0. The third kappa shape index (κ3) is 4.30. The number of hydrogen-bond acceptors (Lipinski definition) is 7. The molecular formula is C23H24N4O5S. The highest BCUT2D eigenvalue weighted by Crippen LogP contribution is 2.30. The van der Waals surface area contributed by atoms with Gasteiger partial charge in [0.25, 0.3) is 5.91 Å². The molecule has 10 heteroatoms. The molecule has 0 radical (unpaired) electrons. The summed E-state index contributed by atoms with van der Waals surface area (Å²) in [6, 6.07) is 6.77. The van der Waals surface area contributed by atoms with Gasteiger partial charge in [-0.3, -0.25) is 10.1 Å². The minimum absolute atomic E-state index is 0.0157. The van der Waals surface area contributed by atoms with Gasteiger partial charge in [0.2, 0.25) is 0 Å². The molecule has 3 heterocycles. The predicted octanol–water partition coefficient (Wildman–Crippen LogP) is 3.52. The maximum absolute atomic E-state index is 13.1. The van der Waals surface area contributed by atoms with Gasteiger partial charge in [0.1, 0.15) is 5.56 Å². The molecule has 0 spiro atoms. The fraction of sp³-hybridized carbons (Fsp3) is 0.391. The quantitative estimate of drug-likeness (QED) is 0.567. The van der Waals surface area contributed by atoms with E-state index in [0.717, 1.165) is 36.3 Å². The molecule has 3 aromatic rings. The molecule has 5 rings (SSSR count). The summed E-state index contributed by atoms with van der Waals surface area (Å²) < 4.78 is 10.6. The predicted molar refractivity (Wildman–Crippen MR) is 124 cm³/mol. The van der Waals surface area contributed by atoms with Crippen molar-refractivity contribution in [2.24, 2.45) is 0 Å². The van der Waals surface area contributed by atoms with Crippen molar-refractivity contribution in [2.45, 2.75) is 44.7 Å². The van der Waals surface area contributed by atoms with Crippen LogP contribution >= 0.6 is 11.3 Å². The Bertz CT molecular complexity index is 1280. The number of carbonyl (C=O) groups excluding carboxylic acids is 2. The smallest absolute Gasteiger partial charge is 0.349 e. The Morgan fingerprint density at radius 3 is 2.88 bits per heavy atom. The van der Waals surface area contributed by atoms with E-state index >= 15 is 0 Å². The monoisotopic (exact) mass is 468 g/mol. The number of hydrogen-bond donors (Lipinski definition) is 2. The Hall–Kier alpha value is -3.40. The molecule has 1 aliphatic heterocycles. The first-order valence-electron chi connectivity index (χ1n) is 11.0. The van der Waals surface area contributed by atoms with Crippen LogP contribution in [0.15, 0.2) is 33.5 Å². The van der Waals surface area contributed by atoms with Gasteiger partial charge in [-0.15, -0.1) is 0 Å². The first kappa shape index (κ1) is 21.4. The van der Waals surface area contributed by atoms with Gasteiger partial charge < -0.3 is 19.4 Å². The number of thiazole rings is 1. The number of fused-ring (bicyclic) bond motifs is 2. The van der Waals surface area contributed by atoms with Crippen LogP contribution < -0.4 is 21.0 Å². The first-order valence-corrected chi connectivity index (χ1v) is 11.8. The Morgan fingerprint density at radius 2 is 2.09 bits per heavy atom. The maximum Gasteiger partial charge on any atom is 0.349 e. The van der Waals surface area contributed by atoms with Gasteiger partial charge in [0, 0.05) is 29.3 Å². The molecule has 3 amide bonds. The standard InChI is InChI=1S/C23H24N4O5S/c1-31-17-8-4-5-13-11-15(21(29)32-19(13)17)20(28)27-10-9-16-18(12-27)33-23(25-16)26-22(30)24-14-6-2-3-7-14/h4-5,8,11,14H,2-3,6-7,9-10,12H2,1H3,(H2,24,25,26,30). The molecule has 0 unspecified atom stereocenters. The lowest BCUT2D eigenvalue weighted by atomic mass is 10.1. The second kappa shape index (κ2) is 8.86. The van der Waals surface area contributed by atoms with Crippen molar-refractivity contribution in [1.29, 1.82) is 0 Å². The van der Waals surface area contributed by atoms with E-state index in [1.54, 1.807) is 29.2 Å². The molecule has 1 aromatic carbocycles. The summed E-state index contributed by atoms with van der Waals surface area (Å²) in [6.45, 7) is 0.756. The van der Waals surface area contributed by atoms with Crippen molar-refractivity contribution in [1.82, 2.24) is 15.2 Å². The largest absolute Gasteiger partial charge is 0.493 e. The third-order valence-electron chi connectivity index (χ3n) is 6.10. The van der Waals surface area contributed by atoms with Crippen molar-refractivity contribution in [3.63, 3.8) is 0 Å². The van der Waals surface area contributed by atoms with Gasteiger partial charge in [0.05, 0.1) is 19.3 Å². The average Bonchev–Trinajstić information content (AvgIpc) is 3.46. The van der Waals surface area contributed by atoms with Crippen LogP contribution in [-0.4, -0.2) is 41.5 Å². The number of rotatable bonds is 4. The maximum atomic E-state index is 13.1. The fourth-order valence-electron chi connectivity index (χ4n) is 4.41. The molecule has 2 aliphatic rings. The van der Waals surface area contributed by atoms with Crippen LogP contribution in [0.4, 0.5) is 9.93 Å². The number of para-hydroxylation sites is 1. The molecule has 2 N–H and O–H groups in total. The van der Waals surface area contributed by atoms with E-state index in [2.05, 4.69) is 15.6 Å². The van der Waals surface area contributed by atoms with Gasteiger partial charge in [-0.2, -0.15) is 0 Å². The van der Waals surface area contributed by atoms with Gasteiger partial charge in [-0.05, 0) is 25.0 Å². The van der Waals surface area contributed by atoms with E-state index in [1.807, 2.05) is 0 Å². The van der Waals surface area contributed by atoms with Crippen LogP contribution in [0.1, 0.15) is 46.6 Å². The number of ether oxygens (including phenoxy) is 1. The van der Waals surface area contributed by atoms with Gasteiger partial charge in [-0.25, -0.2) is 14.6 Å². The normalized spacial score (nSPS) is 16.0. The Kier molecular flexibility index (Phi) is 5.76. The summed E-state index contributed by atoms with van der Waals surface area (Å²) in [5, 5.41) is 6.94. The second-order valence-corrected chi connectivity index (χ2v) is 9.36. The van der Waals surface area contributed by atoms with Crippen LogP contribution in [0.2, 0.25) is 0 Å². The number of aromatic nitrogens is 1. The summed E-state index contributed by atoms with van der Waals surface area (Å²) in [7, 11) is 1.50. The van der Waals surface area contributed by atoms with E-state index < -0.39 is 5.63 Å². The van der Waals surface area contributed by atoms with E-state index in [9.17, 15) is 14.4 Å². The zero-order chi connectivity index (χ0) is 22.9. The highest BCUT2D eigenvalue weighted by Gasteiger charge is 2.28. The average molecular weight is 469 g/mol. The van der Waals surface area contributed by atoms with Crippen molar-refractivity contribution >= 4 is 39.4 Å². The fourth-order valence-corrected chi connectivity index (χ4v) is 5.43. The summed E-state index contributed by atoms with van der Waals surface area (Å²) >= 11 is 1.35. The molecule has 0 atom stereocenters. The third-order valence-corrected chi connectivity index (χ3v) is 7.10. The number of nitrogens with one attached hydrogen (secondary N) is 2. The lowest BCUT2D eigenvalue weighted by Gasteiger charge is -2.25. The number of amides is 3. The van der Waals surface area contributed by atoms with Crippen LogP contribution in [-0.2, 0) is 13.0 Å². The number of benzene rings is 1. The lowest BCUT2D eigenvalue weighted by molar-refractivity contribution is 0.0732. The molecule has 1 aliphatic carbocycles. The topological polar surface area (TPSA) is 114 Å². The Morgan fingerprint density at radius 1 is 1.27 bits per heavy atom. The molecule has 9 nitrogen and oxygen atoms in total. The van der Waals surface area contributed by atoms with E-state index in [4.69, 9.17) is 9.15 Å². The summed E-state index contributed by atoms with van der Waals surface area (Å²) in [5.74, 6) is 0.0499. The molecule has 1 saturated carbocycles. The highest BCUT2D eigenvalue weighted by molar-refractivity contribution is 7.15. The van der Waals surface area contributed by atoms with Gasteiger partial charge >= 0.3 is 11.7 Å². The molecule has 1 fully saturated rings. The number of carbonyl (C=O) groups is 2. The minimum Gasteiger partial charge on any atom is -0.493 e. The molecule has 0 bridgehead atoms. The number of urea groups is 1. The number of methoxy groups -OCH3 is 1. The van der Waals surface area contributed by atoms with E-state index in [0.29, 0.717) is 41.4 Å². The Balaban J connectivity index is 1.31. The number of anilines is 1. The summed E-state index contributed by atoms with van der Waals surface area (Å²) in [5.41, 5.74) is 0.475. The molecule has 0 saturated heterocycles. The van der Waals surface area contributed by atoms with Crippen molar-refractivity contribution < 1.29 is 18.7 Å². The molecule has 172 valence electrons. The Labute approximate surface area is 193 Å². The lowest BCUT2D eigenvalue weighted by Crippen LogP contribution is -2.37. The van der Waals surface area contributed by atoms with Crippen molar-refractivity contribution in [2.75, 3.05) is 19.0 Å². The van der Waals surface area contributed by atoms with E-state index in [1.165, 1.54) is 18.4 Å². The van der Waals surface area contributed by atoms with Crippen LogP contribution in [0.25, 0.3) is 11.0 Å². The highest BCUT2D eigenvalue weighted by atomic mass is 32.1. The second-order valence-electron chi connectivity index (χ2n) is 8.27. The molecule has 33 heavy (non-hydrogen) atoms. The van der Waals surface area contributed by atoms with Gasteiger partial charge in [-0.1, -0.05) is 36.3 Å². The van der Waals surface area contributed by atoms with Crippen LogP contribution in [0, 0.1) is 0 Å². The SMILES string of the molecule is COc1cccc2cc(C(=O)N3CCc4nc(NC(=O)NC5CCCC5)sc4C3)c(=O)oc12. The number of nitrogens with zero attached hydrogens (tertiary/aromatic N) is 2. The van der Waals surface area contributed by atoms with Crippen LogP contribution in [0.3, 0.4) is 0 Å². The zero-order valence-electron chi connectivity index (χ0n) is 18.2. The molecular weight excluding hydrogens is 444 g/mol. The van der Waals surface area contributed by atoms with Crippen LogP contribution in [0.5, 0.6) is 5.75 Å². The zero-order valence-corrected chi connectivity index (χ0v) is 19.0. The van der Waals surface area contributed by atoms with Gasteiger partial charge in [0.15, 0.2) is 16.5 Å². The van der Waals surface area contributed by atoms with E-state index in [-0.39, 0.29) is 23.5 Å². The minimum atomic E-state index is -0.696. The summed E-state index contributed by atoms with van der Waals surface area (Å²) in [6.07, 6.45) is 4.85. The van der Waals surface area contributed by atoms with Crippen molar-refractivity contribution in [3.05, 3.63) is 50.8 Å². The molecule has 2 aromatic heterocycles.